The first-order valence-electron chi connectivity index (χ1n) is 8.77. The van der Waals surface area contributed by atoms with Crippen molar-refractivity contribution in [3.63, 3.8) is 0 Å². The Hall–Kier alpha value is -2.96. The molecule has 2 amide bonds. The molecule has 1 aromatic carbocycles. The molecule has 1 aliphatic rings. The highest BCUT2D eigenvalue weighted by molar-refractivity contribution is 5.98. The highest BCUT2D eigenvalue weighted by atomic mass is 16.2. The molecule has 3 rings (SSSR count). The maximum absolute atomic E-state index is 12.7. The summed E-state index contributed by atoms with van der Waals surface area (Å²) in [6.45, 7) is 6.04. The van der Waals surface area contributed by atoms with Crippen molar-refractivity contribution in [2.24, 2.45) is 0 Å². The van der Waals surface area contributed by atoms with Gasteiger partial charge in [-0.2, -0.15) is 5.10 Å². The summed E-state index contributed by atoms with van der Waals surface area (Å²) >= 11 is 0. The van der Waals surface area contributed by atoms with Gasteiger partial charge in [-0.1, -0.05) is 18.7 Å². The van der Waals surface area contributed by atoms with Crippen LogP contribution in [0.1, 0.15) is 42.5 Å². The van der Waals surface area contributed by atoms with Crippen molar-refractivity contribution in [2.45, 2.75) is 38.6 Å². The zero-order chi connectivity index (χ0) is 18.5. The number of amides is 2. The molecular weight excluding hydrogens is 330 g/mol. The Morgan fingerprint density at radius 3 is 2.81 bits per heavy atom. The van der Waals surface area contributed by atoms with Crippen molar-refractivity contribution in [1.82, 2.24) is 20.1 Å². The summed E-state index contributed by atoms with van der Waals surface area (Å²) in [6.07, 6.45) is 4.21. The molecule has 0 radical (unpaired) electrons. The third-order valence-corrected chi connectivity index (χ3v) is 4.52. The van der Waals surface area contributed by atoms with E-state index >= 15 is 0 Å². The van der Waals surface area contributed by atoms with Gasteiger partial charge in [0.25, 0.3) is 0 Å². The monoisotopic (exact) mass is 353 g/mol. The summed E-state index contributed by atoms with van der Waals surface area (Å²) in [5, 5.41) is 9.77. The van der Waals surface area contributed by atoms with E-state index in [2.05, 4.69) is 27.1 Å². The van der Waals surface area contributed by atoms with E-state index in [9.17, 15) is 9.59 Å². The largest absolute Gasteiger partial charge is 0.332 e. The molecule has 7 nitrogen and oxygen atoms in total. The van der Waals surface area contributed by atoms with Crippen LogP contribution < -0.4 is 5.32 Å². The second kappa shape index (κ2) is 7.95. The molecule has 0 unspecified atom stereocenters. The predicted molar refractivity (Wildman–Crippen MR) is 98.4 cm³/mol. The van der Waals surface area contributed by atoms with Crippen molar-refractivity contribution in [3.05, 3.63) is 54.1 Å². The Morgan fingerprint density at radius 1 is 1.38 bits per heavy atom. The molecule has 26 heavy (non-hydrogen) atoms. The summed E-state index contributed by atoms with van der Waals surface area (Å²) in [7, 11) is 0. The molecule has 1 aromatic heterocycles. The molecule has 0 bridgehead atoms. The van der Waals surface area contributed by atoms with Gasteiger partial charge in [0.15, 0.2) is 5.82 Å². The van der Waals surface area contributed by atoms with Crippen LogP contribution >= 0.6 is 0 Å². The van der Waals surface area contributed by atoms with Crippen LogP contribution in [-0.4, -0.2) is 38.4 Å². The fourth-order valence-corrected chi connectivity index (χ4v) is 3.19. The van der Waals surface area contributed by atoms with Crippen LogP contribution in [0.2, 0.25) is 0 Å². The number of carbonyl (C=O) groups is 2. The zero-order valence-corrected chi connectivity index (χ0v) is 14.9. The Labute approximate surface area is 152 Å². The summed E-state index contributed by atoms with van der Waals surface area (Å²) in [5.74, 6) is 1.35. The molecule has 0 saturated carbocycles. The van der Waals surface area contributed by atoms with E-state index in [-0.39, 0.29) is 17.9 Å². The number of nitrogens with zero attached hydrogens (tertiary/aromatic N) is 3. The zero-order valence-electron chi connectivity index (χ0n) is 14.9. The minimum atomic E-state index is -0.241. The van der Waals surface area contributed by atoms with Gasteiger partial charge in [-0.3, -0.25) is 14.7 Å². The molecule has 136 valence electrons. The van der Waals surface area contributed by atoms with E-state index in [0.29, 0.717) is 24.4 Å². The second-order valence-electron chi connectivity index (χ2n) is 6.41. The fraction of sp³-hybridized carbons (Fsp3) is 0.368. The van der Waals surface area contributed by atoms with Gasteiger partial charge in [0.2, 0.25) is 11.8 Å². The Balaban J connectivity index is 1.56. The summed E-state index contributed by atoms with van der Waals surface area (Å²) in [4.78, 5) is 30.2. The quantitative estimate of drug-likeness (QED) is 0.781. The SMILES string of the molecule is C=CC(=O)Nc1ccc(CCC(=O)N2CCC[C@H]2c2n[nH]c(C)n2)cc1. The average molecular weight is 353 g/mol. The molecular formula is C19H23N5O2. The maximum Gasteiger partial charge on any atom is 0.247 e. The topological polar surface area (TPSA) is 91.0 Å². The van der Waals surface area contributed by atoms with Gasteiger partial charge in [0.1, 0.15) is 5.82 Å². The Bertz CT molecular complexity index is 797. The first-order chi connectivity index (χ1) is 12.6. The van der Waals surface area contributed by atoms with Gasteiger partial charge >= 0.3 is 0 Å². The molecule has 1 saturated heterocycles. The molecule has 2 heterocycles. The van der Waals surface area contributed by atoms with Crippen LogP contribution in [-0.2, 0) is 16.0 Å². The molecule has 1 fully saturated rings. The third-order valence-electron chi connectivity index (χ3n) is 4.52. The lowest BCUT2D eigenvalue weighted by atomic mass is 10.1. The van der Waals surface area contributed by atoms with Crippen molar-refractivity contribution in [2.75, 3.05) is 11.9 Å². The normalized spacial score (nSPS) is 16.5. The number of nitrogens with one attached hydrogen (secondary N) is 2. The molecule has 2 N–H and O–H groups in total. The minimum Gasteiger partial charge on any atom is -0.332 e. The van der Waals surface area contributed by atoms with Gasteiger partial charge in [0, 0.05) is 18.7 Å². The number of carbonyl (C=O) groups excluding carboxylic acids is 2. The summed E-state index contributed by atoms with van der Waals surface area (Å²) in [6, 6.07) is 7.48. The van der Waals surface area contributed by atoms with E-state index in [1.165, 1.54) is 6.08 Å². The lowest BCUT2D eigenvalue weighted by Crippen LogP contribution is -2.31. The number of aryl methyl sites for hydroxylation is 2. The highest BCUT2D eigenvalue weighted by Gasteiger charge is 2.32. The molecule has 7 heteroatoms. The van der Waals surface area contributed by atoms with E-state index in [1.807, 2.05) is 36.1 Å². The fourth-order valence-electron chi connectivity index (χ4n) is 3.19. The van der Waals surface area contributed by atoms with E-state index < -0.39 is 0 Å². The third kappa shape index (κ3) is 4.17. The van der Waals surface area contributed by atoms with Gasteiger partial charge in [-0.25, -0.2) is 4.98 Å². The van der Waals surface area contributed by atoms with Crippen LogP contribution in [0.25, 0.3) is 0 Å². The number of aromatic amines is 1. The standard InChI is InChI=1S/C19H23N5O2/c1-3-17(25)21-15-9-6-14(7-10-15)8-11-18(26)24-12-4-5-16(24)19-20-13(2)22-23-19/h3,6-7,9-10,16H,1,4-5,8,11-12H2,2H3,(H,21,25)(H,20,22,23)/t16-/m0/s1. The van der Waals surface area contributed by atoms with E-state index in [4.69, 9.17) is 0 Å². The smallest absolute Gasteiger partial charge is 0.247 e. The first-order valence-corrected chi connectivity index (χ1v) is 8.77. The molecule has 1 aliphatic heterocycles. The van der Waals surface area contributed by atoms with Crippen LogP contribution in [0.15, 0.2) is 36.9 Å². The van der Waals surface area contributed by atoms with Gasteiger partial charge in [-0.05, 0) is 50.0 Å². The maximum atomic E-state index is 12.7. The van der Waals surface area contributed by atoms with Crippen LogP contribution in [0.4, 0.5) is 5.69 Å². The molecule has 2 aromatic rings. The van der Waals surface area contributed by atoms with Crippen molar-refractivity contribution < 1.29 is 9.59 Å². The number of H-pyrrole nitrogens is 1. The van der Waals surface area contributed by atoms with Gasteiger partial charge < -0.3 is 10.2 Å². The second-order valence-corrected chi connectivity index (χ2v) is 6.41. The van der Waals surface area contributed by atoms with Crippen molar-refractivity contribution in [1.29, 1.82) is 0 Å². The van der Waals surface area contributed by atoms with Crippen LogP contribution in [0.3, 0.4) is 0 Å². The summed E-state index contributed by atoms with van der Waals surface area (Å²) in [5.41, 5.74) is 1.77. The molecule has 0 aliphatic carbocycles. The Morgan fingerprint density at radius 2 is 2.15 bits per heavy atom. The Kier molecular flexibility index (Phi) is 5.46. The van der Waals surface area contributed by atoms with Crippen LogP contribution in [0, 0.1) is 6.92 Å². The lowest BCUT2D eigenvalue weighted by Gasteiger charge is -2.22. The molecule has 1 atom stereocenters. The number of likely N-dealkylation sites (tertiary alicyclic amines) is 1. The number of rotatable bonds is 6. The number of aromatic nitrogens is 3. The number of hydrogen-bond donors (Lipinski definition) is 2. The number of hydrogen-bond acceptors (Lipinski definition) is 4. The van der Waals surface area contributed by atoms with Gasteiger partial charge in [-0.15, -0.1) is 0 Å². The van der Waals surface area contributed by atoms with Gasteiger partial charge in [0.05, 0.1) is 6.04 Å². The summed E-state index contributed by atoms with van der Waals surface area (Å²) < 4.78 is 0. The predicted octanol–water partition coefficient (Wildman–Crippen LogP) is 2.53. The first kappa shape index (κ1) is 17.8. The minimum absolute atomic E-state index is 0.0241. The number of benzene rings is 1. The molecule has 0 spiro atoms. The highest BCUT2D eigenvalue weighted by Crippen LogP contribution is 2.30. The van der Waals surface area contributed by atoms with E-state index in [1.54, 1.807) is 0 Å². The average Bonchev–Trinajstić information content (AvgIpc) is 3.29. The lowest BCUT2D eigenvalue weighted by molar-refractivity contribution is -0.132. The van der Waals surface area contributed by atoms with E-state index in [0.717, 1.165) is 30.8 Å². The van der Waals surface area contributed by atoms with Crippen LogP contribution in [0.5, 0.6) is 0 Å². The van der Waals surface area contributed by atoms with Crippen molar-refractivity contribution >= 4 is 17.5 Å². The number of anilines is 1. The van der Waals surface area contributed by atoms with Crippen molar-refractivity contribution in [3.8, 4) is 0 Å².